The monoisotopic (exact) mass is 313 g/mol. The van der Waals surface area contributed by atoms with Gasteiger partial charge in [0, 0.05) is 11.9 Å². The van der Waals surface area contributed by atoms with E-state index >= 15 is 0 Å². The first-order chi connectivity index (χ1) is 9.85. The molecule has 0 saturated carbocycles. The lowest BCUT2D eigenvalue weighted by molar-refractivity contribution is -0.143. The average Bonchev–Trinajstić information content (AvgIpc) is 2.86. The molecule has 21 heavy (non-hydrogen) atoms. The quantitative estimate of drug-likeness (QED) is 0.776. The van der Waals surface area contributed by atoms with E-state index in [1.165, 1.54) is 16.2 Å². The summed E-state index contributed by atoms with van der Waals surface area (Å²) in [6, 6.07) is -0.208. The van der Waals surface area contributed by atoms with Crippen LogP contribution in [0.25, 0.3) is 0 Å². The molecule has 0 aliphatic heterocycles. The Morgan fingerprint density at radius 3 is 2.57 bits per heavy atom. The molecule has 1 rings (SSSR count). The third-order valence-electron chi connectivity index (χ3n) is 2.63. The largest absolute Gasteiger partial charge is 0.465 e. The Labute approximate surface area is 129 Å². The van der Waals surface area contributed by atoms with Gasteiger partial charge in [0.15, 0.2) is 0 Å². The zero-order chi connectivity index (χ0) is 16.0. The van der Waals surface area contributed by atoms with Gasteiger partial charge in [0.1, 0.15) is 17.2 Å². The summed E-state index contributed by atoms with van der Waals surface area (Å²) >= 11 is 1.35. The number of amides is 1. The highest BCUT2D eigenvalue weighted by molar-refractivity contribution is 7.09. The Morgan fingerprint density at radius 1 is 1.43 bits per heavy atom. The first-order valence-corrected chi connectivity index (χ1v) is 7.89. The van der Waals surface area contributed by atoms with Gasteiger partial charge in [-0.1, -0.05) is 13.8 Å². The Morgan fingerprint density at radius 2 is 2.10 bits per heavy atom. The van der Waals surface area contributed by atoms with Gasteiger partial charge in [-0.2, -0.15) is 0 Å². The fourth-order valence-electron chi connectivity index (χ4n) is 1.78. The molecule has 0 radical (unpaired) electrons. The highest BCUT2D eigenvalue weighted by Gasteiger charge is 2.23. The molecule has 7 heteroatoms. The lowest BCUT2D eigenvalue weighted by Crippen LogP contribution is -2.39. The number of thiazole rings is 1. The predicted molar refractivity (Wildman–Crippen MR) is 82.1 cm³/mol. The maximum atomic E-state index is 12.5. The number of rotatable bonds is 7. The molecule has 1 aromatic rings. The molecule has 0 bridgehead atoms. The second-order valence-corrected chi connectivity index (χ2v) is 6.13. The van der Waals surface area contributed by atoms with Crippen molar-refractivity contribution in [2.45, 2.75) is 33.7 Å². The van der Waals surface area contributed by atoms with Crippen LogP contribution in [-0.4, -0.2) is 41.5 Å². The molecule has 1 aromatic heterocycles. The summed E-state index contributed by atoms with van der Waals surface area (Å²) in [5.74, 6) is -0.427. The van der Waals surface area contributed by atoms with Crippen LogP contribution >= 0.6 is 11.3 Å². The van der Waals surface area contributed by atoms with Crippen LogP contribution in [0.15, 0.2) is 5.38 Å². The zero-order valence-corrected chi connectivity index (χ0v) is 13.8. The van der Waals surface area contributed by atoms with E-state index in [0.717, 1.165) is 0 Å². The molecular weight excluding hydrogens is 290 g/mol. The summed E-state index contributed by atoms with van der Waals surface area (Å²) in [7, 11) is 0. The van der Waals surface area contributed by atoms with Crippen LogP contribution < -0.4 is 5.73 Å². The standard InChI is InChI=1S/C14H23N3O3S/c1-5-20-12(18)7-17(6-9(2)3)14(19)11-8-21-13(16-11)10(4)15/h8-10H,5-7,15H2,1-4H3. The van der Waals surface area contributed by atoms with Crippen LogP contribution in [0.4, 0.5) is 0 Å². The second kappa shape index (κ2) is 8.09. The van der Waals surface area contributed by atoms with Crippen molar-refractivity contribution < 1.29 is 14.3 Å². The summed E-state index contributed by atoms with van der Waals surface area (Å²) in [6.45, 7) is 8.24. The topological polar surface area (TPSA) is 85.5 Å². The average molecular weight is 313 g/mol. The van der Waals surface area contributed by atoms with Crippen molar-refractivity contribution >= 4 is 23.2 Å². The van der Waals surface area contributed by atoms with Crippen molar-refractivity contribution in [1.29, 1.82) is 0 Å². The van der Waals surface area contributed by atoms with E-state index in [-0.39, 0.29) is 24.4 Å². The molecule has 1 amide bonds. The third-order valence-corrected chi connectivity index (χ3v) is 3.67. The van der Waals surface area contributed by atoms with Gasteiger partial charge in [0.25, 0.3) is 5.91 Å². The number of carbonyl (C=O) groups excluding carboxylic acids is 2. The number of aromatic nitrogens is 1. The van der Waals surface area contributed by atoms with E-state index in [0.29, 0.717) is 23.9 Å². The Kier molecular flexibility index (Phi) is 6.77. The molecular formula is C14H23N3O3S. The maximum absolute atomic E-state index is 12.5. The molecule has 0 aromatic carbocycles. The molecule has 2 N–H and O–H groups in total. The lowest BCUT2D eigenvalue weighted by Gasteiger charge is -2.22. The first kappa shape index (κ1) is 17.6. The maximum Gasteiger partial charge on any atom is 0.325 e. The first-order valence-electron chi connectivity index (χ1n) is 7.01. The SMILES string of the molecule is CCOC(=O)CN(CC(C)C)C(=O)c1csc(C(C)N)n1. The third kappa shape index (κ3) is 5.43. The summed E-state index contributed by atoms with van der Waals surface area (Å²) in [5, 5.41) is 2.39. The Balaban J connectivity index is 2.85. The molecule has 0 fully saturated rings. The summed E-state index contributed by atoms with van der Waals surface area (Å²) < 4.78 is 4.91. The van der Waals surface area contributed by atoms with Gasteiger partial charge < -0.3 is 15.4 Å². The van der Waals surface area contributed by atoms with Gasteiger partial charge >= 0.3 is 5.97 Å². The number of esters is 1. The van der Waals surface area contributed by atoms with E-state index in [1.807, 2.05) is 20.8 Å². The van der Waals surface area contributed by atoms with E-state index in [9.17, 15) is 9.59 Å². The second-order valence-electron chi connectivity index (χ2n) is 5.24. The van der Waals surface area contributed by atoms with Crippen molar-refractivity contribution in [2.24, 2.45) is 11.7 Å². The van der Waals surface area contributed by atoms with Gasteiger partial charge in [-0.3, -0.25) is 9.59 Å². The number of ether oxygens (including phenoxy) is 1. The van der Waals surface area contributed by atoms with Crippen LogP contribution in [0.2, 0.25) is 0 Å². The smallest absolute Gasteiger partial charge is 0.325 e. The van der Waals surface area contributed by atoms with Gasteiger partial charge in [0.2, 0.25) is 0 Å². The highest BCUT2D eigenvalue weighted by atomic mass is 32.1. The summed E-state index contributed by atoms with van der Waals surface area (Å²) in [6.07, 6.45) is 0. The van der Waals surface area contributed by atoms with E-state index < -0.39 is 5.97 Å². The van der Waals surface area contributed by atoms with Gasteiger partial charge in [0.05, 0.1) is 12.6 Å². The Bertz CT molecular complexity index is 486. The van der Waals surface area contributed by atoms with Crippen LogP contribution in [0.1, 0.15) is 49.2 Å². The van der Waals surface area contributed by atoms with Crippen LogP contribution in [0.5, 0.6) is 0 Å². The number of nitrogens with two attached hydrogens (primary N) is 1. The molecule has 6 nitrogen and oxygen atoms in total. The fourth-order valence-corrected chi connectivity index (χ4v) is 2.53. The fraction of sp³-hybridized carbons (Fsp3) is 0.643. The van der Waals surface area contributed by atoms with E-state index in [2.05, 4.69) is 4.98 Å². The minimum atomic E-state index is -0.408. The van der Waals surface area contributed by atoms with E-state index in [1.54, 1.807) is 12.3 Å². The molecule has 1 unspecified atom stereocenters. The summed E-state index contributed by atoms with van der Waals surface area (Å²) in [5.41, 5.74) is 6.08. The van der Waals surface area contributed by atoms with Crippen molar-refractivity contribution in [3.8, 4) is 0 Å². The van der Waals surface area contributed by atoms with Gasteiger partial charge in [-0.05, 0) is 19.8 Å². The van der Waals surface area contributed by atoms with Gasteiger partial charge in [-0.15, -0.1) is 11.3 Å². The van der Waals surface area contributed by atoms with Crippen LogP contribution in [0.3, 0.4) is 0 Å². The normalized spacial score (nSPS) is 12.3. The Hall–Kier alpha value is -1.47. The molecule has 1 heterocycles. The zero-order valence-electron chi connectivity index (χ0n) is 13.0. The van der Waals surface area contributed by atoms with Crippen molar-refractivity contribution in [3.05, 3.63) is 16.1 Å². The van der Waals surface area contributed by atoms with Gasteiger partial charge in [-0.25, -0.2) is 4.98 Å². The van der Waals surface area contributed by atoms with Crippen LogP contribution in [-0.2, 0) is 9.53 Å². The number of hydrogen-bond donors (Lipinski definition) is 1. The van der Waals surface area contributed by atoms with Crippen molar-refractivity contribution in [3.63, 3.8) is 0 Å². The molecule has 1 atom stereocenters. The molecule has 0 aliphatic carbocycles. The molecule has 118 valence electrons. The summed E-state index contributed by atoms with van der Waals surface area (Å²) in [4.78, 5) is 29.8. The number of carbonyl (C=O) groups is 2. The predicted octanol–water partition coefficient (Wildman–Crippen LogP) is 1.82. The van der Waals surface area contributed by atoms with E-state index in [4.69, 9.17) is 10.5 Å². The molecule has 0 spiro atoms. The van der Waals surface area contributed by atoms with Crippen molar-refractivity contribution in [2.75, 3.05) is 19.7 Å². The van der Waals surface area contributed by atoms with Crippen LogP contribution in [0, 0.1) is 5.92 Å². The number of nitrogens with zero attached hydrogens (tertiary/aromatic N) is 2. The molecule has 0 aliphatic rings. The number of hydrogen-bond acceptors (Lipinski definition) is 6. The highest BCUT2D eigenvalue weighted by Crippen LogP contribution is 2.17. The minimum Gasteiger partial charge on any atom is -0.465 e. The lowest BCUT2D eigenvalue weighted by atomic mass is 10.2. The van der Waals surface area contributed by atoms with Crippen molar-refractivity contribution in [1.82, 2.24) is 9.88 Å². The molecule has 0 saturated heterocycles. The minimum absolute atomic E-state index is 0.0596.